The van der Waals surface area contributed by atoms with Crippen molar-refractivity contribution in [3.8, 4) is 0 Å². The Morgan fingerprint density at radius 2 is 2.20 bits per heavy atom. The van der Waals surface area contributed by atoms with Crippen molar-refractivity contribution < 1.29 is 4.42 Å². The highest BCUT2D eigenvalue weighted by Crippen LogP contribution is 2.24. The summed E-state index contributed by atoms with van der Waals surface area (Å²) in [5, 5.41) is 4.50. The molecule has 2 rings (SSSR count). The molecule has 0 saturated heterocycles. The molecule has 0 aliphatic carbocycles. The van der Waals surface area contributed by atoms with Crippen molar-refractivity contribution in [2.24, 2.45) is 12.8 Å². The van der Waals surface area contributed by atoms with E-state index in [9.17, 15) is 0 Å². The van der Waals surface area contributed by atoms with Crippen LogP contribution in [0, 0.1) is 6.92 Å². The Hall–Kier alpha value is -1.59. The number of hydrogen-bond donors (Lipinski definition) is 1. The van der Waals surface area contributed by atoms with Crippen LogP contribution in [0.4, 0.5) is 0 Å². The first kappa shape index (κ1) is 14.8. The largest absolute Gasteiger partial charge is 0.465 e. The predicted octanol–water partition coefficient (Wildman–Crippen LogP) is 2.02. The molecule has 2 aromatic heterocycles. The summed E-state index contributed by atoms with van der Waals surface area (Å²) in [5.74, 6) is 1.90. The Bertz CT molecular complexity index is 558. The average molecular weight is 276 g/mol. The van der Waals surface area contributed by atoms with Crippen LogP contribution in [0.25, 0.3) is 0 Å². The van der Waals surface area contributed by atoms with Crippen LogP contribution in [0.1, 0.15) is 35.7 Å². The highest BCUT2D eigenvalue weighted by Gasteiger charge is 2.21. The lowest BCUT2D eigenvalue weighted by molar-refractivity contribution is 0.221. The van der Waals surface area contributed by atoms with Crippen LogP contribution in [-0.4, -0.2) is 28.3 Å². The van der Waals surface area contributed by atoms with Crippen LogP contribution < -0.4 is 5.73 Å². The standard InChI is InChI=1S/C15H24N4O/c1-5-14-13(10-19(4)17-14)15(8-16)18(3)9-12-7-6-11(2)20-12/h6-7,10,15H,5,8-9,16H2,1-4H3. The molecule has 110 valence electrons. The second kappa shape index (κ2) is 6.24. The third-order valence-corrected chi connectivity index (χ3v) is 3.59. The van der Waals surface area contributed by atoms with Gasteiger partial charge in [-0.05, 0) is 32.5 Å². The molecular weight excluding hydrogens is 252 g/mol. The average Bonchev–Trinajstić information content (AvgIpc) is 2.96. The Morgan fingerprint density at radius 3 is 2.75 bits per heavy atom. The topological polar surface area (TPSA) is 60.2 Å². The maximum Gasteiger partial charge on any atom is 0.118 e. The molecule has 1 atom stereocenters. The summed E-state index contributed by atoms with van der Waals surface area (Å²) in [6, 6.07) is 4.16. The first-order valence-electron chi connectivity index (χ1n) is 7.03. The van der Waals surface area contributed by atoms with Gasteiger partial charge in [0.25, 0.3) is 0 Å². The molecule has 0 radical (unpaired) electrons. The van der Waals surface area contributed by atoms with E-state index >= 15 is 0 Å². The molecule has 2 aromatic rings. The summed E-state index contributed by atoms with van der Waals surface area (Å²) >= 11 is 0. The summed E-state index contributed by atoms with van der Waals surface area (Å²) in [6.45, 7) is 5.39. The second-order valence-electron chi connectivity index (χ2n) is 5.24. The number of aromatic nitrogens is 2. The van der Waals surface area contributed by atoms with Gasteiger partial charge in [-0.25, -0.2) is 0 Å². The van der Waals surface area contributed by atoms with Gasteiger partial charge in [-0.1, -0.05) is 6.92 Å². The summed E-state index contributed by atoms with van der Waals surface area (Å²) in [6.07, 6.45) is 2.99. The van der Waals surface area contributed by atoms with Gasteiger partial charge in [0.2, 0.25) is 0 Å². The number of rotatable bonds is 6. The molecule has 0 fully saturated rings. The molecule has 0 amide bonds. The zero-order chi connectivity index (χ0) is 14.7. The number of nitrogens with two attached hydrogens (primary N) is 1. The van der Waals surface area contributed by atoms with Crippen molar-refractivity contribution in [3.05, 3.63) is 41.1 Å². The zero-order valence-corrected chi connectivity index (χ0v) is 12.8. The van der Waals surface area contributed by atoms with E-state index in [4.69, 9.17) is 10.2 Å². The van der Waals surface area contributed by atoms with Gasteiger partial charge in [0.05, 0.1) is 18.3 Å². The van der Waals surface area contributed by atoms with E-state index in [-0.39, 0.29) is 6.04 Å². The Kier molecular flexibility index (Phi) is 4.62. The Morgan fingerprint density at radius 1 is 1.45 bits per heavy atom. The summed E-state index contributed by atoms with van der Waals surface area (Å²) in [7, 11) is 4.02. The van der Waals surface area contributed by atoms with Gasteiger partial charge in [0.15, 0.2) is 0 Å². The van der Waals surface area contributed by atoms with Gasteiger partial charge in [-0.2, -0.15) is 5.10 Å². The molecule has 0 aliphatic heterocycles. The zero-order valence-electron chi connectivity index (χ0n) is 12.8. The van der Waals surface area contributed by atoms with Crippen molar-refractivity contribution >= 4 is 0 Å². The van der Waals surface area contributed by atoms with Gasteiger partial charge in [-0.3, -0.25) is 9.58 Å². The third-order valence-electron chi connectivity index (χ3n) is 3.59. The molecular formula is C15H24N4O. The first-order chi connectivity index (χ1) is 9.55. The smallest absolute Gasteiger partial charge is 0.118 e. The minimum Gasteiger partial charge on any atom is -0.465 e. The first-order valence-corrected chi connectivity index (χ1v) is 7.03. The molecule has 0 saturated carbocycles. The molecule has 2 N–H and O–H groups in total. The van der Waals surface area contributed by atoms with Gasteiger partial charge in [0, 0.05) is 25.4 Å². The lowest BCUT2D eigenvalue weighted by atomic mass is 10.1. The van der Waals surface area contributed by atoms with E-state index in [2.05, 4.69) is 30.2 Å². The number of hydrogen-bond acceptors (Lipinski definition) is 4. The van der Waals surface area contributed by atoms with E-state index in [0.717, 1.165) is 30.2 Å². The lowest BCUT2D eigenvalue weighted by Crippen LogP contribution is -2.30. The van der Waals surface area contributed by atoms with Gasteiger partial charge in [0.1, 0.15) is 11.5 Å². The molecule has 0 spiro atoms. The quantitative estimate of drug-likeness (QED) is 0.877. The molecule has 0 bridgehead atoms. The number of likely N-dealkylation sites (N-methyl/N-ethyl adjacent to an activating group) is 1. The molecule has 5 nitrogen and oxygen atoms in total. The highest BCUT2D eigenvalue weighted by atomic mass is 16.3. The summed E-state index contributed by atoms with van der Waals surface area (Å²) < 4.78 is 7.51. The highest BCUT2D eigenvalue weighted by molar-refractivity contribution is 5.22. The fourth-order valence-corrected chi connectivity index (χ4v) is 2.58. The predicted molar refractivity (Wildman–Crippen MR) is 79.3 cm³/mol. The normalized spacial score (nSPS) is 13.1. The maximum absolute atomic E-state index is 5.99. The van der Waals surface area contributed by atoms with Crippen molar-refractivity contribution in [1.29, 1.82) is 0 Å². The molecule has 0 aliphatic rings. The molecule has 1 unspecified atom stereocenters. The fourth-order valence-electron chi connectivity index (χ4n) is 2.58. The van der Waals surface area contributed by atoms with Gasteiger partial charge < -0.3 is 10.2 Å². The number of aryl methyl sites for hydroxylation is 3. The fraction of sp³-hybridized carbons (Fsp3) is 0.533. The van der Waals surface area contributed by atoms with Gasteiger partial charge >= 0.3 is 0 Å². The van der Waals surface area contributed by atoms with Crippen molar-refractivity contribution in [2.75, 3.05) is 13.6 Å². The summed E-state index contributed by atoms with van der Waals surface area (Å²) in [5.41, 5.74) is 8.32. The van der Waals surface area contributed by atoms with Crippen LogP contribution in [0.2, 0.25) is 0 Å². The molecule has 20 heavy (non-hydrogen) atoms. The maximum atomic E-state index is 5.99. The van der Waals surface area contributed by atoms with E-state index < -0.39 is 0 Å². The van der Waals surface area contributed by atoms with Crippen LogP contribution in [0.15, 0.2) is 22.7 Å². The van der Waals surface area contributed by atoms with Crippen molar-refractivity contribution in [3.63, 3.8) is 0 Å². The van der Waals surface area contributed by atoms with E-state index in [0.29, 0.717) is 6.54 Å². The van der Waals surface area contributed by atoms with E-state index in [1.807, 2.05) is 30.8 Å². The van der Waals surface area contributed by atoms with E-state index in [1.165, 1.54) is 5.56 Å². The Balaban J connectivity index is 2.18. The molecule has 5 heteroatoms. The number of nitrogens with zero attached hydrogens (tertiary/aromatic N) is 3. The third kappa shape index (κ3) is 3.11. The minimum absolute atomic E-state index is 0.157. The molecule has 0 aromatic carbocycles. The van der Waals surface area contributed by atoms with Gasteiger partial charge in [-0.15, -0.1) is 0 Å². The molecule has 2 heterocycles. The van der Waals surface area contributed by atoms with Crippen LogP contribution in [0.3, 0.4) is 0 Å². The lowest BCUT2D eigenvalue weighted by Gasteiger charge is -2.26. The van der Waals surface area contributed by atoms with Crippen LogP contribution in [-0.2, 0) is 20.0 Å². The minimum atomic E-state index is 0.157. The second-order valence-corrected chi connectivity index (χ2v) is 5.24. The van der Waals surface area contributed by atoms with Crippen LogP contribution >= 0.6 is 0 Å². The van der Waals surface area contributed by atoms with E-state index in [1.54, 1.807) is 0 Å². The SMILES string of the molecule is CCc1nn(C)cc1C(CN)N(C)Cc1ccc(C)o1. The summed E-state index contributed by atoms with van der Waals surface area (Å²) in [4.78, 5) is 2.22. The monoisotopic (exact) mass is 276 g/mol. The van der Waals surface area contributed by atoms with Crippen molar-refractivity contribution in [2.45, 2.75) is 32.9 Å². The van der Waals surface area contributed by atoms with Crippen molar-refractivity contribution in [1.82, 2.24) is 14.7 Å². The Labute approximate surface area is 120 Å². The van der Waals surface area contributed by atoms with Crippen LogP contribution in [0.5, 0.6) is 0 Å². The number of furan rings is 1.